The van der Waals surface area contributed by atoms with Crippen molar-refractivity contribution < 1.29 is 9.90 Å². The first kappa shape index (κ1) is 19.6. The van der Waals surface area contributed by atoms with Gasteiger partial charge in [-0.25, -0.2) is 9.97 Å². The van der Waals surface area contributed by atoms with Crippen molar-refractivity contribution in [2.45, 2.75) is 76.9 Å². The highest BCUT2D eigenvalue weighted by molar-refractivity contribution is 5.82. The van der Waals surface area contributed by atoms with E-state index in [0.717, 1.165) is 54.0 Å². The van der Waals surface area contributed by atoms with Gasteiger partial charge in [-0.2, -0.15) is 5.10 Å². The number of Topliss-reactive ketones (excluding diaryl/α,β-unsaturated/α-hetero) is 1. The lowest BCUT2D eigenvalue weighted by molar-refractivity contribution is -0.131. The minimum absolute atomic E-state index is 0.145. The van der Waals surface area contributed by atoms with Crippen molar-refractivity contribution in [1.82, 2.24) is 19.7 Å². The summed E-state index contributed by atoms with van der Waals surface area (Å²) < 4.78 is 1.77. The smallest absolute Gasteiger partial charge is 0.157 e. The highest BCUT2D eigenvalue weighted by Gasteiger charge is 2.65. The summed E-state index contributed by atoms with van der Waals surface area (Å²) in [5, 5.41) is 15.2. The number of fused-ring (bicyclic) bond motifs is 8. The maximum Gasteiger partial charge on any atom is 0.157 e. The molecule has 2 aromatic rings. The van der Waals surface area contributed by atoms with Crippen LogP contribution in [0.15, 0.2) is 18.7 Å². The van der Waals surface area contributed by atoms with Crippen molar-refractivity contribution in [1.29, 1.82) is 0 Å². The molecule has 2 heterocycles. The van der Waals surface area contributed by atoms with E-state index in [1.54, 1.807) is 10.9 Å². The molecule has 0 aromatic carbocycles. The Bertz CT molecular complexity index is 1050. The summed E-state index contributed by atoms with van der Waals surface area (Å²) in [6.45, 7) is 2.78. The first-order valence-corrected chi connectivity index (χ1v) is 12.8. The molecule has 0 aliphatic heterocycles. The molecule has 0 radical (unpaired) electrons. The van der Waals surface area contributed by atoms with E-state index >= 15 is 0 Å². The molecule has 0 amide bonds. The van der Waals surface area contributed by atoms with Crippen molar-refractivity contribution in [3.8, 4) is 0 Å². The van der Waals surface area contributed by atoms with Crippen molar-refractivity contribution >= 4 is 16.8 Å². The maximum absolute atomic E-state index is 13.5. The van der Waals surface area contributed by atoms with Crippen LogP contribution in [0.2, 0.25) is 0 Å². The van der Waals surface area contributed by atoms with Crippen LogP contribution in [0.25, 0.3) is 11.0 Å². The topological polar surface area (TPSA) is 80.9 Å². The van der Waals surface area contributed by atoms with Gasteiger partial charge in [0.25, 0.3) is 0 Å². The lowest BCUT2D eigenvalue weighted by Gasteiger charge is -2.56. The number of aliphatic hydroxyl groups is 1. The predicted octanol–water partition coefficient (Wildman–Crippen LogP) is 4.03. The van der Waals surface area contributed by atoms with Gasteiger partial charge in [0, 0.05) is 5.92 Å². The Kier molecular flexibility index (Phi) is 4.06. The van der Waals surface area contributed by atoms with Crippen molar-refractivity contribution in [3.63, 3.8) is 0 Å². The SMILES string of the molecule is C[C@]12CC[C@@H]3[C@H]4CC[C@]5(O)CC5[C@H]4CC[C@H]3[C@@H]1CC[C@@H]2C(=O)Cn1cc2ncncc2n1. The normalized spacial score (nSPS) is 46.8. The lowest BCUT2D eigenvalue weighted by Crippen LogP contribution is -2.50. The first-order valence-electron chi connectivity index (χ1n) is 12.8. The number of carbonyl (C=O) groups excluding carboxylic acids is 1. The monoisotopic (exact) mass is 434 g/mol. The first-order chi connectivity index (χ1) is 15.5. The fourth-order valence-electron chi connectivity index (χ4n) is 9.38. The van der Waals surface area contributed by atoms with Crippen molar-refractivity contribution in [2.75, 3.05) is 0 Å². The van der Waals surface area contributed by atoms with Gasteiger partial charge < -0.3 is 5.11 Å². The average molecular weight is 435 g/mol. The summed E-state index contributed by atoms with van der Waals surface area (Å²) in [6.07, 6.45) is 15.8. The van der Waals surface area contributed by atoms with Crippen molar-refractivity contribution in [3.05, 3.63) is 18.7 Å². The molecule has 1 unspecified atom stereocenters. The molecule has 5 fully saturated rings. The highest BCUT2D eigenvalue weighted by atomic mass is 16.3. The third-order valence-electron chi connectivity index (χ3n) is 10.9. The molecule has 2 aromatic heterocycles. The lowest BCUT2D eigenvalue weighted by atomic mass is 9.49. The number of hydrogen-bond acceptors (Lipinski definition) is 5. The van der Waals surface area contributed by atoms with Gasteiger partial charge in [-0.3, -0.25) is 9.48 Å². The predicted molar refractivity (Wildman–Crippen MR) is 119 cm³/mol. The number of carbonyl (C=O) groups is 1. The minimum atomic E-state index is -0.287. The number of rotatable bonds is 3. The Labute approximate surface area is 189 Å². The zero-order chi connectivity index (χ0) is 21.7. The molecule has 5 aliphatic rings. The van der Waals surface area contributed by atoms with Gasteiger partial charge in [0.05, 0.1) is 24.5 Å². The van der Waals surface area contributed by atoms with Crippen LogP contribution in [-0.4, -0.2) is 36.2 Å². The van der Waals surface area contributed by atoms with E-state index < -0.39 is 0 Å². The second-order valence-electron chi connectivity index (χ2n) is 12.1. The molecule has 6 heteroatoms. The van der Waals surface area contributed by atoms with E-state index in [0.29, 0.717) is 24.2 Å². The molecular formula is C26H34N4O2. The third-order valence-corrected chi connectivity index (χ3v) is 10.9. The molecule has 6 nitrogen and oxygen atoms in total. The molecule has 0 spiro atoms. The molecule has 170 valence electrons. The molecule has 0 bridgehead atoms. The average Bonchev–Trinajstić information content (AvgIpc) is 3.13. The largest absolute Gasteiger partial charge is 0.390 e. The molecule has 5 saturated carbocycles. The Morgan fingerprint density at radius 2 is 1.81 bits per heavy atom. The van der Waals surface area contributed by atoms with Crippen LogP contribution in [0.4, 0.5) is 0 Å². The summed E-state index contributed by atoms with van der Waals surface area (Å²) in [4.78, 5) is 21.8. The van der Waals surface area contributed by atoms with E-state index in [1.807, 2.05) is 6.20 Å². The molecule has 7 rings (SSSR count). The number of hydrogen-bond donors (Lipinski definition) is 1. The summed E-state index contributed by atoms with van der Waals surface area (Å²) in [5.41, 5.74) is 1.41. The Morgan fingerprint density at radius 3 is 2.62 bits per heavy atom. The summed E-state index contributed by atoms with van der Waals surface area (Å²) in [7, 11) is 0. The van der Waals surface area contributed by atoms with Crippen LogP contribution in [0.5, 0.6) is 0 Å². The van der Waals surface area contributed by atoms with Crippen LogP contribution in [0.3, 0.4) is 0 Å². The van der Waals surface area contributed by atoms with Crippen LogP contribution >= 0.6 is 0 Å². The summed E-state index contributed by atoms with van der Waals surface area (Å²) >= 11 is 0. The zero-order valence-electron chi connectivity index (χ0n) is 19.0. The molecule has 9 atom stereocenters. The van der Waals surface area contributed by atoms with Gasteiger partial charge in [-0.15, -0.1) is 0 Å². The third kappa shape index (κ3) is 2.68. The van der Waals surface area contributed by atoms with Gasteiger partial charge in [-0.05, 0) is 98.7 Å². The van der Waals surface area contributed by atoms with Gasteiger partial charge in [0.15, 0.2) is 5.78 Å². The number of nitrogens with zero attached hydrogens (tertiary/aromatic N) is 4. The number of aromatic nitrogens is 4. The Balaban J connectivity index is 1.09. The maximum atomic E-state index is 13.5. The van der Waals surface area contributed by atoms with E-state index in [-0.39, 0.29) is 16.9 Å². The molecule has 5 aliphatic carbocycles. The van der Waals surface area contributed by atoms with Crippen LogP contribution in [0.1, 0.15) is 64.7 Å². The van der Waals surface area contributed by atoms with E-state index in [9.17, 15) is 9.90 Å². The quantitative estimate of drug-likeness (QED) is 0.789. The molecule has 0 saturated heterocycles. The standard InChI is InChI=1S/C26H34N4O2/c1-25-8-6-15-16-7-9-26(32)10-21(26)18(16)3-2-17(15)19(25)4-5-20(25)24(31)13-30-12-23-22(29-30)11-27-14-28-23/h11-12,14-21,32H,2-10,13H2,1H3/t15-,16-,17-,18+,19+,20-,21?,25+,26+/m1/s1. The summed E-state index contributed by atoms with van der Waals surface area (Å²) in [5.74, 6) is 5.03. The van der Waals surface area contributed by atoms with Gasteiger partial charge in [0.2, 0.25) is 0 Å². The van der Waals surface area contributed by atoms with Gasteiger partial charge in [-0.1, -0.05) is 6.92 Å². The van der Waals surface area contributed by atoms with Gasteiger partial charge in [0.1, 0.15) is 17.4 Å². The number of ketones is 1. The minimum Gasteiger partial charge on any atom is -0.390 e. The fraction of sp³-hybridized carbons (Fsp3) is 0.769. The van der Waals surface area contributed by atoms with E-state index in [4.69, 9.17) is 0 Å². The van der Waals surface area contributed by atoms with E-state index in [1.165, 1.54) is 44.9 Å². The van der Waals surface area contributed by atoms with Crippen LogP contribution in [-0.2, 0) is 11.3 Å². The van der Waals surface area contributed by atoms with Gasteiger partial charge >= 0.3 is 0 Å². The Morgan fingerprint density at radius 1 is 1.03 bits per heavy atom. The fourth-order valence-corrected chi connectivity index (χ4v) is 9.38. The molecular weight excluding hydrogens is 400 g/mol. The van der Waals surface area contributed by atoms with Crippen molar-refractivity contribution in [2.24, 2.45) is 46.8 Å². The summed E-state index contributed by atoms with van der Waals surface area (Å²) in [6, 6.07) is 0. The molecule has 32 heavy (non-hydrogen) atoms. The van der Waals surface area contributed by atoms with Crippen LogP contribution < -0.4 is 0 Å². The second kappa shape index (κ2) is 6.62. The zero-order valence-corrected chi connectivity index (χ0v) is 19.0. The Hall–Kier alpha value is -1.82. The highest BCUT2D eigenvalue weighted by Crippen LogP contribution is 2.68. The second-order valence-corrected chi connectivity index (χ2v) is 12.1. The molecule has 1 N–H and O–H groups in total. The van der Waals surface area contributed by atoms with Crippen LogP contribution in [0, 0.1) is 46.8 Å². The van der Waals surface area contributed by atoms with E-state index in [2.05, 4.69) is 22.0 Å².